The Labute approximate surface area is 157 Å². The van der Waals surface area contributed by atoms with Crippen LogP contribution in [-0.4, -0.2) is 43.7 Å². The van der Waals surface area contributed by atoms with Crippen LogP contribution < -0.4 is 5.32 Å². The molecule has 1 saturated heterocycles. The number of nitrogens with one attached hydrogen (secondary N) is 1. The van der Waals surface area contributed by atoms with Crippen molar-refractivity contribution in [2.75, 3.05) is 26.7 Å². The fraction of sp³-hybridized carbons (Fsp3) is 0.591. The summed E-state index contributed by atoms with van der Waals surface area (Å²) in [7, 11) is 1.39. The number of likely N-dealkylation sites (tertiary alicyclic amines) is 1. The highest BCUT2D eigenvalue weighted by Gasteiger charge is 2.35. The van der Waals surface area contributed by atoms with Crippen molar-refractivity contribution in [3.05, 3.63) is 41.5 Å². The smallest absolute Gasteiger partial charge is 0.330 e. The number of esters is 1. The lowest BCUT2D eigenvalue weighted by Gasteiger charge is -2.32. The number of ether oxygens (including phenoxy) is 1. The molecule has 1 N–H and O–H groups in total. The fourth-order valence-corrected chi connectivity index (χ4v) is 3.84. The number of benzene rings is 1. The average Bonchev–Trinajstić information content (AvgIpc) is 3.45. The van der Waals surface area contributed by atoms with Gasteiger partial charge in [0.15, 0.2) is 0 Å². The number of nitrogens with zero attached hydrogens (tertiary/aromatic N) is 1. The molecule has 2 fully saturated rings. The van der Waals surface area contributed by atoms with Crippen LogP contribution in [0.5, 0.6) is 0 Å². The predicted octanol–water partition coefficient (Wildman–Crippen LogP) is 3.47. The second kappa shape index (κ2) is 9.33. The van der Waals surface area contributed by atoms with Crippen molar-refractivity contribution in [1.82, 2.24) is 10.2 Å². The summed E-state index contributed by atoms with van der Waals surface area (Å²) in [5.74, 6) is 1.47. The minimum absolute atomic E-state index is 0.321. The maximum atomic E-state index is 11.1. The van der Waals surface area contributed by atoms with Gasteiger partial charge in [-0.15, -0.1) is 0 Å². The van der Waals surface area contributed by atoms with Crippen LogP contribution in [0.25, 0.3) is 6.08 Å². The van der Waals surface area contributed by atoms with E-state index in [0.717, 1.165) is 30.0 Å². The number of carbonyl (C=O) groups excluding carboxylic acids is 1. The van der Waals surface area contributed by atoms with E-state index in [9.17, 15) is 4.79 Å². The molecule has 3 rings (SSSR count). The van der Waals surface area contributed by atoms with E-state index in [4.69, 9.17) is 0 Å². The molecule has 26 heavy (non-hydrogen) atoms. The van der Waals surface area contributed by atoms with E-state index >= 15 is 0 Å². The molecule has 0 radical (unpaired) electrons. The SMILES string of the molecule is CC[C@@H]1C[C@H]1NCC1CCN(Cc2ccc(/C=C/C(=O)OC)cc2)CC1. The molecule has 4 heteroatoms. The van der Waals surface area contributed by atoms with Crippen LogP contribution in [0.3, 0.4) is 0 Å². The lowest BCUT2D eigenvalue weighted by atomic mass is 9.96. The summed E-state index contributed by atoms with van der Waals surface area (Å²) in [6.07, 6.45) is 8.57. The molecule has 1 aromatic rings. The summed E-state index contributed by atoms with van der Waals surface area (Å²) in [5, 5.41) is 3.76. The van der Waals surface area contributed by atoms with Gasteiger partial charge in [0.1, 0.15) is 0 Å². The molecule has 1 aliphatic heterocycles. The second-order valence-corrected chi connectivity index (χ2v) is 7.74. The predicted molar refractivity (Wildman–Crippen MR) is 106 cm³/mol. The summed E-state index contributed by atoms with van der Waals surface area (Å²) in [6, 6.07) is 9.24. The molecular formula is C22H32N2O2. The molecular weight excluding hydrogens is 324 g/mol. The molecule has 0 unspecified atom stereocenters. The first kappa shape index (κ1) is 19.1. The summed E-state index contributed by atoms with van der Waals surface area (Å²) >= 11 is 0. The third-order valence-corrected chi connectivity index (χ3v) is 5.82. The van der Waals surface area contributed by atoms with Gasteiger partial charge in [-0.25, -0.2) is 4.79 Å². The molecule has 4 nitrogen and oxygen atoms in total. The number of hydrogen-bond acceptors (Lipinski definition) is 4. The van der Waals surface area contributed by atoms with Crippen molar-refractivity contribution >= 4 is 12.0 Å². The first-order valence-electron chi connectivity index (χ1n) is 9.98. The Bertz CT molecular complexity index is 603. The van der Waals surface area contributed by atoms with Crippen LogP contribution in [-0.2, 0) is 16.1 Å². The molecule has 1 heterocycles. The number of rotatable bonds is 8. The van der Waals surface area contributed by atoms with E-state index in [0.29, 0.717) is 0 Å². The van der Waals surface area contributed by atoms with Gasteiger partial charge in [-0.2, -0.15) is 0 Å². The van der Waals surface area contributed by atoms with Gasteiger partial charge in [-0.1, -0.05) is 37.6 Å². The van der Waals surface area contributed by atoms with Gasteiger partial charge in [-0.05, 0) is 67.9 Å². The summed E-state index contributed by atoms with van der Waals surface area (Å²) in [4.78, 5) is 13.7. The van der Waals surface area contributed by atoms with E-state index < -0.39 is 0 Å². The summed E-state index contributed by atoms with van der Waals surface area (Å²) in [6.45, 7) is 6.90. The summed E-state index contributed by atoms with van der Waals surface area (Å²) < 4.78 is 4.61. The largest absolute Gasteiger partial charge is 0.466 e. The highest BCUT2D eigenvalue weighted by Crippen LogP contribution is 2.33. The Morgan fingerprint density at radius 3 is 2.62 bits per heavy atom. The molecule has 0 aromatic heterocycles. The molecule has 1 aromatic carbocycles. The second-order valence-electron chi connectivity index (χ2n) is 7.74. The van der Waals surface area contributed by atoms with Gasteiger partial charge >= 0.3 is 5.97 Å². The van der Waals surface area contributed by atoms with Crippen molar-refractivity contribution in [2.45, 2.75) is 45.2 Å². The van der Waals surface area contributed by atoms with Crippen LogP contribution in [0.2, 0.25) is 0 Å². The number of hydrogen-bond donors (Lipinski definition) is 1. The van der Waals surface area contributed by atoms with Gasteiger partial charge in [0.2, 0.25) is 0 Å². The molecule has 1 aliphatic carbocycles. The van der Waals surface area contributed by atoms with E-state index in [2.05, 4.69) is 46.1 Å². The van der Waals surface area contributed by atoms with Gasteiger partial charge in [0.05, 0.1) is 7.11 Å². The van der Waals surface area contributed by atoms with E-state index in [1.807, 2.05) is 0 Å². The van der Waals surface area contributed by atoms with Crippen molar-refractivity contribution in [1.29, 1.82) is 0 Å². The minimum Gasteiger partial charge on any atom is -0.466 e. The Morgan fingerprint density at radius 2 is 2.00 bits per heavy atom. The zero-order valence-corrected chi connectivity index (χ0v) is 16.1. The molecule has 2 aliphatic rings. The molecule has 2 atom stereocenters. The van der Waals surface area contributed by atoms with Crippen LogP contribution in [0.1, 0.15) is 43.7 Å². The molecule has 1 saturated carbocycles. The lowest BCUT2D eigenvalue weighted by molar-refractivity contribution is -0.134. The molecule has 0 bridgehead atoms. The highest BCUT2D eigenvalue weighted by atomic mass is 16.5. The standard InChI is InChI=1S/C22H32N2O2/c1-3-20-14-21(20)23-15-18-10-12-24(13-11-18)16-19-6-4-17(5-7-19)8-9-22(25)26-2/h4-9,18,20-21,23H,3,10-16H2,1-2H3/b9-8+/t20-,21-/m1/s1. The Hall–Kier alpha value is -1.65. The molecule has 0 amide bonds. The number of piperidine rings is 1. The average molecular weight is 357 g/mol. The van der Waals surface area contributed by atoms with Gasteiger partial charge < -0.3 is 10.1 Å². The first-order valence-corrected chi connectivity index (χ1v) is 9.98. The molecule has 142 valence electrons. The molecule has 0 spiro atoms. The topological polar surface area (TPSA) is 41.6 Å². The monoisotopic (exact) mass is 356 g/mol. The van der Waals surface area contributed by atoms with Crippen LogP contribution in [0, 0.1) is 11.8 Å². The Balaban J connectivity index is 1.37. The zero-order chi connectivity index (χ0) is 18.4. The van der Waals surface area contributed by atoms with Crippen molar-refractivity contribution in [3.63, 3.8) is 0 Å². The quantitative estimate of drug-likeness (QED) is 0.572. The third kappa shape index (κ3) is 5.68. The van der Waals surface area contributed by atoms with Crippen molar-refractivity contribution in [3.8, 4) is 0 Å². The third-order valence-electron chi connectivity index (χ3n) is 5.82. The van der Waals surface area contributed by atoms with Crippen LogP contribution >= 0.6 is 0 Å². The highest BCUT2D eigenvalue weighted by molar-refractivity contribution is 5.86. The normalized spacial score (nSPS) is 24.1. The summed E-state index contributed by atoms with van der Waals surface area (Å²) in [5.41, 5.74) is 2.36. The Kier molecular flexibility index (Phi) is 6.86. The maximum absolute atomic E-state index is 11.1. The van der Waals surface area contributed by atoms with E-state index in [-0.39, 0.29) is 5.97 Å². The minimum atomic E-state index is -0.321. The van der Waals surface area contributed by atoms with E-state index in [1.54, 1.807) is 6.08 Å². The maximum Gasteiger partial charge on any atom is 0.330 e. The number of carbonyl (C=O) groups is 1. The first-order chi connectivity index (χ1) is 12.7. The fourth-order valence-electron chi connectivity index (χ4n) is 3.84. The van der Waals surface area contributed by atoms with Crippen LogP contribution in [0.15, 0.2) is 30.3 Å². The van der Waals surface area contributed by atoms with Gasteiger partial charge in [-0.3, -0.25) is 4.90 Å². The zero-order valence-electron chi connectivity index (χ0n) is 16.1. The van der Waals surface area contributed by atoms with Gasteiger partial charge in [0.25, 0.3) is 0 Å². The van der Waals surface area contributed by atoms with Crippen molar-refractivity contribution < 1.29 is 9.53 Å². The number of methoxy groups -OCH3 is 1. The lowest BCUT2D eigenvalue weighted by Crippen LogP contribution is -2.37. The van der Waals surface area contributed by atoms with Gasteiger partial charge in [0, 0.05) is 18.7 Å². The Morgan fingerprint density at radius 1 is 1.27 bits per heavy atom. The van der Waals surface area contributed by atoms with E-state index in [1.165, 1.54) is 64.1 Å². The van der Waals surface area contributed by atoms with Crippen molar-refractivity contribution in [2.24, 2.45) is 11.8 Å². The van der Waals surface area contributed by atoms with Crippen LogP contribution in [0.4, 0.5) is 0 Å².